The summed E-state index contributed by atoms with van der Waals surface area (Å²) in [6.45, 7) is 0. The van der Waals surface area contributed by atoms with Crippen LogP contribution < -0.4 is 0 Å². The fourth-order valence-electron chi connectivity index (χ4n) is 5.83. The number of benzene rings is 6. The molecule has 0 atom stereocenters. The lowest BCUT2D eigenvalue weighted by Gasteiger charge is -2.11. The number of rotatable bonds is 5. The van der Waals surface area contributed by atoms with Crippen LogP contribution in [-0.4, -0.2) is 9.97 Å². The van der Waals surface area contributed by atoms with Crippen molar-refractivity contribution in [3.63, 3.8) is 0 Å². The molecule has 0 aliphatic heterocycles. The molecule has 0 fully saturated rings. The highest BCUT2D eigenvalue weighted by Gasteiger charge is 2.13. The van der Waals surface area contributed by atoms with Gasteiger partial charge in [-0.1, -0.05) is 109 Å². The molecule has 0 saturated carbocycles. The van der Waals surface area contributed by atoms with Gasteiger partial charge in [0.1, 0.15) is 11.2 Å². The number of aromatic nitrogens is 2. The van der Waals surface area contributed by atoms with Gasteiger partial charge in [-0.2, -0.15) is 5.26 Å². The lowest BCUT2D eigenvalue weighted by atomic mass is 10.00. The standard InChI is InChI=1S/C41H25N3O/c42-26-27-8-6-12-33(22-27)38-25-37(30-18-16-29(17-19-30)28-9-2-1-3-10-28)43-41(44-38)34-13-7-11-31(23-34)32-20-21-36-35-14-4-5-15-39(35)45-40(36)24-32/h1-25H. The second-order valence-corrected chi connectivity index (χ2v) is 11.0. The molecule has 0 radical (unpaired) electrons. The summed E-state index contributed by atoms with van der Waals surface area (Å²) in [5.74, 6) is 0.615. The smallest absolute Gasteiger partial charge is 0.160 e. The van der Waals surface area contributed by atoms with Crippen LogP contribution in [0.4, 0.5) is 0 Å². The first-order valence-electron chi connectivity index (χ1n) is 14.8. The first-order valence-corrected chi connectivity index (χ1v) is 14.8. The highest BCUT2D eigenvalue weighted by atomic mass is 16.3. The van der Waals surface area contributed by atoms with Crippen molar-refractivity contribution in [2.24, 2.45) is 0 Å². The maximum absolute atomic E-state index is 9.55. The van der Waals surface area contributed by atoms with Crippen LogP contribution in [0.5, 0.6) is 0 Å². The maximum Gasteiger partial charge on any atom is 0.160 e. The van der Waals surface area contributed by atoms with E-state index in [1.165, 1.54) is 5.56 Å². The topological polar surface area (TPSA) is 62.7 Å². The molecule has 0 N–H and O–H groups in total. The van der Waals surface area contributed by atoms with Gasteiger partial charge < -0.3 is 4.42 Å². The highest BCUT2D eigenvalue weighted by molar-refractivity contribution is 6.05. The molecule has 0 unspecified atom stereocenters. The van der Waals surface area contributed by atoms with Crippen LogP contribution in [0.3, 0.4) is 0 Å². The molecule has 0 aliphatic carbocycles. The average Bonchev–Trinajstić information content (AvgIpc) is 3.50. The molecular weight excluding hydrogens is 550 g/mol. The zero-order valence-corrected chi connectivity index (χ0v) is 24.2. The van der Waals surface area contributed by atoms with E-state index in [-0.39, 0.29) is 0 Å². The van der Waals surface area contributed by atoms with Crippen LogP contribution >= 0.6 is 0 Å². The van der Waals surface area contributed by atoms with E-state index < -0.39 is 0 Å². The van der Waals surface area contributed by atoms with Crippen molar-refractivity contribution in [3.05, 3.63) is 157 Å². The van der Waals surface area contributed by atoms with Gasteiger partial charge in [0.05, 0.1) is 23.0 Å². The fraction of sp³-hybridized carbons (Fsp3) is 0. The molecule has 0 amide bonds. The second kappa shape index (κ2) is 11.1. The van der Waals surface area contributed by atoms with Gasteiger partial charge in [-0.15, -0.1) is 0 Å². The molecule has 8 rings (SSSR count). The van der Waals surface area contributed by atoms with Crippen LogP contribution in [0.2, 0.25) is 0 Å². The fourth-order valence-corrected chi connectivity index (χ4v) is 5.83. The van der Waals surface area contributed by atoms with E-state index in [1.54, 1.807) is 6.07 Å². The summed E-state index contributed by atoms with van der Waals surface area (Å²) >= 11 is 0. The molecule has 2 heterocycles. The van der Waals surface area contributed by atoms with Gasteiger partial charge in [-0.05, 0) is 64.7 Å². The van der Waals surface area contributed by atoms with Gasteiger partial charge >= 0.3 is 0 Å². The van der Waals surface area contributed by atoms with E-state index in [2.05, 4.69) is 78.9 Å². The molecule has 4 nitrogen and oxygen atoms in total. The Morgan fingerprint density at radius 3 is 1.87 bits per heavy atom. The summed E-state index contributed by atoms with van der Waals surface area (Å²) < 4.78 is 6.17. The lowest BCUT2D eigenvalue weighted by molar-refractivity contribution is 0.669. The summed E-state index contributed by atoms with van der Waals surface area (Å²) in [5.41, 5.74) is 11.1. The zero-order valence-electron chi connectivity index (χ0n) is 24.2. The number of fused-ring (bicyclic) bond motifs is 3. The van der Waals surface area contributed by atoms with Crippen molar-refractivity contribution in [1.82, 2.24) is 9.97 Å². The number of para-hydroxylation sites is 1. The van der Waals surface area contributed by atoms with Gasteiger partial charge in [0, 0.05) is 27.5 Å². The molecule has 45 heavy (non-hydrogen) atoms. The zero-order chi connectivity index (χ0) is 30.2. The Morgan fingerprint density at radius 2 is 1.02 bits per heavy atom. The van der Waals surface area contributed by atoms with Gasteiger partial charge in [0.15, 0.2) is 5.82 Å². The Kier molecular flexibility index (Phi) is 6.48. The predicted molar refractivity (Wildman–Crippen MR) is 181 cm³/mol. The largest absolute Gasteiger partial charge is 0.456 e. The van der Waals surface area contributed by atoms with Crippen LogP contribution in [-0.2, 0) is 0 Å². The van der Waals surface area contributed by atoms with E-state index in [0.29, 0.717) is 11.4 Å². The Labute approximate surface area is 260 Å². The Bertz CT molecular complexity index is 2380. The lowest BCUT2D eigenvalue weighted by Crippen LogP contribution is -1.96. The van der Waals surface area contributed by atoms with Gasteiger partial charge in [-0.25, -0.2) is 9.97 Å². The highest BCUT2D eigenvalue weighted by Crippen LogP contribution is 2.34. The number of furan rings is 1. The van der Waals surface area contributed by atoms with Crippen molar-refractivity contribution < 1.29 is 4.42 Å². The second-order valence-electron chi connectivity index (χ2n) is 11.0. The molecule has 0 spiro atoms. The van der Waals surface area contributed by atoms with E-state index in [9.17, 15) is 5.26 Å². The van der Waals surface area contributed by atoms with Crippen molar-refractivity contribution in [2.75, 3.05) is 0 Å². The third-order valence-electron chi connectivity index (χ3n) is 8.13. The van der Waals surface area contributed by atoms with Crippen LogP contribution in [0, 0.1) is 11.3 Å². The first kappa shape index (κ1) is 26.3. The first-order chi connectivity index (χ1) is 22.2. The number of nitrogens with zero attached hydrogens (tertiary/aromatic N) is 3. The van der Waals surface area contributed by atoms with Gasteiger partial charge in [-0.3, -0.25) is 0 Å². The molecular formula is C41H25N3O. The monoisotopic (exact) mass is 575 g/mol. The minimum absolute atomic E-state index is 0.587. The molecule has 0 bridgehead atoms. The Morgan fingerprint density at radius 1 is 0.422 bits per heavy atom. The van der Waals surface area contributed by atoms with Gasteiger partial charge in [0.2, 0.25) is 0 Å². The summed E-state index contributed by atoms with van der Waals surface area (Å²) in [7, 11) is 0. The van der Waals surface area contributed by atoms with E-state index in [4.69, 9.17) is 14.4 Å². The van der Waals surface area contributed by atoms with Crippen LogP contribution in [0.1, 0.15) is 5.56 Å². The predicted octanol–water partition coefficient (Wildman–Crippen LogP) is 10.6. The van der Waals surface area contributed by atoms with Gasteiger partial charge in [0.25, 0.3) is 0 Å². The third kappa shape index (κ3) is 5.03. The third-order valence-corrected chi connectivity index (χ3v) is 8.13. The molecule has 8 aromatic rings. The number of hydrogen-bond acceptors (Lipinski definition) is 4. The Balaban J connectivity index is 1.23. The van der Waals surface area contributed by atoms with Crippen molar-refractivity contribution >= 4 is 21.9 Å². The Hall–Kier alpha value is -6.31. The molecule has 0 aliphatic rings. The number of hydrogen-bond donors (Lipinski definition) is 0. The van der Waals surface area contributed by atoms with E-state index in [0.717, 1.165) is 66.7 Å². The van der Waals surface area contributed by atoms with E-state index >= 15 is 0 Å². The average molecular weight is 576 g/mol. The van der Waals surface area contributed by atoms with Crippen LogP contribution in [0.25, 0.3) is 78.1 Å². The molecule has 6 aromatic carbocycles. The minimum atomic E-state index is 0.587. The molecule has 210 valence electrons. The van der Waals surface area contributed by atoms with Crippen molar-refractivity contribution in [3.8, 4) is 62.2 Å². The van der Waals surface area contributed by atoms with E-state index in [1.807, 2.05) is 72.8 Å². The SMILES string of the molecule is N#Cc1cccc(-c2cc(-c3ccc(-c4ccccc4)cc3)nc(-c3cccc(-c4ccc5c(c4)oc4ccccc45)c3)n2)c1. The minimum Gasteiger partial charge on any atom is -0.456 e. The number of nitriles is 1. The van der Waals surface area contributed by atoms with Crippen molar-refractivity contribution in [1.29, 1.82) is 5.26 Å². The van der Waals surface area contributed by atoms with Crippen molar-refractivity contribution in [2.45, 2.75) is 0 Å². The summed E-state index contributed by atoms with van der Waals surface area (Å²) in [4.78, 5) is 10.1. The maximum atomic E-state index is 9.55. The molecule has 4 heteroatoms. The quantitative estimate of drug-likeness (QED) is 0.205. The molecule has 0 saturated heterocycles. The molecule has 2 aromatic heterocycles. The normalized spacial score (nSPS) is 11.1. The summed E-state index contributed by atoms with van der Waals surface area (Å²) in [6, 6.07) is 53.3. The summed E-state index contributed by atoms with van der Waals surface area (Å²) in [6.07, 6.45) is 0. The summed E-state index contributed by atoms with van der Waals surface area (Å²) in [5, 5.41) is 11.8. The van der Waals surface area contributed by atoms with Crippen LogP contribution in [0.15, 0.2) is 156 Å².